The molecule has 0 bridgehead atoms. The zero-order valence-corrected chi connectivity index (χ0v) is 14.4. The van der Waals surface area contributed by atoms with Crippen molar-refractivity contribution in [2.45, 2.75) is 20.8 Å². The lowest BCUT2D eigenvalue weighted by Gasteiger charge is -2.11. The molecule has 0 radical (unpaired) electrons. The van der Waals surface area contributed by atoms with E-state index in [9.17, 15) is 9.59 Å². The largest absolute Gasteiger partial charge is 0.461 e. The fourth-order valence-electron chi connectivity index (χ4n) is 2.53. The standard InChI is InChI=1S/C17H17N3O3S/c1-4-23-17(22)14-11-8-24-15(18)13(11)16(21)20(19-14)12-7-9(2)5-6-10(12)3/h5-8H,4,18H2,1-3H3. The summed E-state index contributed by atoms with van der Waals surface area (Å²) in [6.45, 7) is 5.76. The molecule has 2 aromatic heterocycles. The first-order chi connectivity index (χ1) is 11.4. The number of nitrogens with zero attached hydrogens (tertiary/aromatic N) is 2. The van der Waals surface area contributed by atoms with Crippen LogP contribution in [-0.2, 0) is 4.74 Å². The van der Waals surface area contributed by atoms with Crippen molar-refractivity contribution in [1.82, 2.24) is 9.78 Å². The molecule has 0 atom stereocenters. The number of aromatic nitrogens is 2. The van der Waals surface area contributed by atoms with E-state index in [4.69, 9.17) is 10.5 Å². The number of rotatable bonds is 3. The van der Waals surface area contributed by atoms with Crippen LogP contribution >= 0.6 is 11.3 Å². The number of hydrogen-bond acceptors (Lipinski definition) is 6. The van der Waals surface area contributed by atoms with E-state index in [1.165, 1.54) is 16.0 Å². The highest BCUT2D eigenvalue weighted by atomic mass is 32.1. The first-order valence-electron chi connectivity index (χ1n) is 7.48. The SMILES string of the molecule is CCOC(=O)c1nn(-c2cc(C)ccc2C)c(=O)c2c(N)scc12. The number of ether oxygens (including phenoxy) is 1. The van der Waals surface area contributed by atoms with E-state index in [0.29, 0.717) is 21.5 Å². The average molecular weight is 343 g/mol. The molecule has 0 aliphatic rings. The van der Waals surface area contributed by atoms with E-state index < -0.39 is 5.97 Å². The van der Waals surface area contributed by atoms with E-state index in [-0.39, 0.29) is 17.9 Å². The van der Waals surface area contributed by atoms with E-state index in [0.717, 1.165) is 11.1 Å². The summed E-state index contributed by atoms with van der Waals surface area (Å²) < 4.78 is 6.31. The van der Waals surface area contributed by atoms with E-state index in [1.54, 1.807) is 12.3 Å². The monoisotopic (exact) mass is 343 g/mol. The highest BCUT2D eigenvalue weighted by Gasteiger charge is 2.21. The van der Waals surface area contributed by atoms with Crippen molar-refractivity contribution in [3.05, 3.63) is 50.8 Å². The Hall–Kier alpha value is -2.67. The fourth-order valence-corrected chi connectivity index (χ4v) is 3.32. The Balaban J connectivity index is 2.39. The van der Waals surface area contributed by atoms with Gasteiger partial charge in [0.15, 0.2) is 5.69 Å². The predicted molar refractivity (Wildman–Crippen MR) is 95.1 cm³/mol. The molecule has 2 heterocycles. The summed E-state index contributed by atoms with van der Waals surface area (Å²) in [5.74, 6) is -0.570. The van der Waals surface area contributed by atoms with Crippen molar-refractivity contribution >= 4 is 33.1 Å². The highest BCUT2D eigenvalue weighted by Crippen LogP contribution is 2.28. The number of carbonyl (C=O) groups is 1. The van der Waals surface area contributed by atoms with Gasteiger partial charge in [-0.3, -0.25) is 4.79 Å². The lowest BCUT2D eigenvalue weighted by molar-refractivity contribution is 0.0520. The molecule has 7 heteroatoms. The molecule has 0 saturated heterocycles. The number of benzene rings is 1. The number of fused-ring (bicyclic) bond motifs is 1. The van der Waals surface area contributed by atoms with Gasteiger partial charge in [0.1, 0.15) is 0 Å². The Morgan fingerprint density at radius 3 is 2.83 bits per heavy atom. The second-order valence-corrected chi connectivity index (χ2v) is 6.38. The third kappa shape index (κ3) is 2.56. The van der Waals surface area contributed by atoms with Gasteiger partial charge in [-0.1, -0.05) is 12.1 Å². The molecule has 3 aromatic rings. The van der Waals surface area contributed by atoms with Crippen molar-refractivity contribution in [2.75, 3.05) is 12.3 Å². The lowest BCUT2D eigenvalue weighted by atomic mass is 10.1. The van der Waals surface area contributed by atoms with Gasteiger partial charge in [0.2, 0.25) is 0 Å². The van der Waals surface area contributed by atoms with Gasteiger partial charge in [0, 0.05) is 10.8 Å². The Morgan fingerprint density at radius 2 is 2.12 bits per heavy atom. The molecule has 0 spiro atoms. The van der Waals surface area contributed by atoms with Crippen LogP contribution in [0.2, 0.25) is 0 Å². The van der Waals surface area contributed by atoms with Crippen molar-refractivity contribution in [2.24, 2.45) is 0 Å². The molecule has 24 heavy (non-hydrogen) atoms. The predicted octanol–water partition coefficient (Wildman–Crippen LogP) is 2.82. The summed E-state index contributed by atoms with van der Waals surface area (Å²) in [6, 6.07) is 5.71. The van der Waals surface area contributed by atoms with Gasteiger partial charge >= 0.3 is 5.97 Å². The second kappa shape index (κ2) is 6.09. The Bertz CT molecular complexity index is 1000. The molecule has 0 amide bonds. The summed E-state index contributed by atoms with van der Waals surface area (Å²) in [5.41, 5.74) is 8.20. The molecule has 0 fully saturated rings. The molecular weight excluding hydrogens is 326 g/mol. The molecule has 0 unspecified atom stereocenters. The first kappa shape index (κ1) is 16.2. The lowest BCUT2D eigenvalue weighted by Crippen LogP contribution is -2.25. The normalized spacial score (nSPS) is 11.0. The minimum absolute atomic E-state index is 0.0975. The summed E-state index contributed by atoms with van der Waals surface area (Å²) in [6.07, 6.45) is 0. The van der Waals surface area contributed by atoms with Gasteiger partial charge in [-0.2, -0.15) is 9.78 Å². The topological polar surface area (TPSA) is 87.2 Å². The first-order valence-corrected chi connectivity index (χ1v) is 8.36. The minimum Gasteiger partial charge on any atom is -0.461 e. The Morgan fingerprint density at radius 1 is 1.38 bits per heavy atom. The van der Waals surface area contributed by atoms with Crippen LogP contribution in [0.4, 0.5) is 5.00 Å². The van der Waals surface area contributed by atoms with Gasteiger partial charge in [-0.25, -0.2) is 4.79 Å². The fraction of sp³-hybridized carbons (Fsp3) is 0.235. The van der Waals surface area contributed by atoms with Crippen molar-refractivity contribution in [1.29, 1.82) is 0 Å². The number of carbonyl (C=O) groups excluding carboxylic acids is 1. The molecule has 0 aliphatic heterocycles. The number of hydrogen-bond donors (Lipinski definition) is 1. The van der Waals surface area contributed by atoms with Crippen LogP contribution in [0.15, 0.2) is 28.4 Å². The number of nitrogens with two attached hydrogens (primary N) is 1. The van der Waals surface area contributed by atoms with Crippen LogP contribution < -0.4 is 11.3 Å². The number of aryl methyl sites for hydroxylation is 2. The molecular formula is C17H17N3O3S. The molecule has 0 aliphatic carbocycles. The van der Waals surface area contributed by atoms with E-state index in [1.807, 2.05) is 32.0 Å². The van der Waals surface area contributed by atoms with Crippen LogP contribution in [0.5, 0.6) is 0 Å². The van der Waals surface area contributed by atoms with Gasteiger partial charge in [-0.05, 0) is 38.0 Å². The number of esters is 1. The number of thiophene rings is 1. The maximum absolute atomic E-state index is 12.9. The smallest absolute Gasteiger partial charge is 0.359 e. The van der Waals surface area contributed by atoms with Crippen molar-refractivity contribution in [3.63, 3.8) is 0 Å². The second-order valence-electron chi connectivity index (χ2n) is 5.46. The maximum Gasteiger partial charge on any atom is 0.359 e. The minimum atomic E-state index is -0.570. The summed E-state index contributed by atoms with van der Waals surface area (Å²) in [7, 11) is 0. The van der Waals surface area contributed by atoms with Crippen LogP contribution in [0.1, 0.15) is 28.5 Å². The third-order valence-corrected chi connectivity index (χ3v) is 4.55. The zero-order chi connectivity index (χ0) is 17.4. The van der Waals surface area contributed by atoms with Crippen LogP contribution in [0.3, 0.4) is 0 Å². The molecule has 124 valence electrons. The maximum atomic E-state index is 12.9. The molecule has 3 rings (SSSR count). The van der Waals surface area contributed by atoms with E-state index in [2.05, 4.69) is 5.10 Å². The average Bonchev–Trinajstić information content (AvgIpc) is 2.93. The zero-order valence-electron chi connectivity index (χ0n) is 13.6. The molecule has 6 nitrogen and oxygen atoms in total. The third-order valence-electron chi connectivity index (χ3n) is 3.74. The van der Waals surface area contributed by atoms with Crippen molar-refractivity contribution < 1.29 is 9.53 Å². The highest BCUT2D eigenvalue weighted by molar-refractivity contribution is 7.15. The summed E-state index contributed by atoms with van der Waals surface area (Å²) in [4.78, 5) is 25.2. The Labute approximate surface area is 142 Å². The molecule has 1 aromatic carbocycles. The summed E-state index contributed by atoms with van der Waals surface area (Å²) in [5, 5.41) is 7.05. The number of nitrogen functional groups attached to an aromatic ring is 1. The molecule has 0 saturated carbocycles. The summed E-state index contributed by atoms with van der Waals surface area (Å²) >= 11 is 1.21. The van der Waals surface area contributed by atoms with E-state index >= 15 is 0 Å². The van der Waals surface area contributed by atoms with Crippen LogP contribution in [-0.4, -0.2) is 22.4 Å². The van der Waals surface area contributed by atoms with Crippen LogP contribution in [0, 0.1) is 13.8 Å². The Kier molecular flexibility index (Phi) is 4.11. The van der Waals surface area contributed by atoms with Gasteiger partial charge in [0.05, 0.1) is 22.7 Å². The quantitative estimate of drug-likeness (QED) is 0.739. The number of anilines is 1. The van der Waals surface area contributed by atoms with Crippen LogP contribution in [0.25, 0.3) is 16.5 Å². The van der Waals surface area contributed by atoms with Crippen molar-refractivity contribution in [3.8, 4) is 5.69 Å². The van der Waals surface area contributed by atoms with Gasteiger partial charge < -0.3 is 10.5 Å². The van der Waals surface area contributed by atoms with Gasteiger partial charge in [0.25, 0.3) is 5.56 Å². The molecule has 2 N–H and O–H groups in total. The van der Waals surface area contributed by atoms with Gasteiger partial charge in [-0.15, -0.1) is 11.3 Å².